The minimum Gasteiger partial charge on any atom is -0.487 e. The normalized spacial score (nSPS) is 17.0. The molecule has 112 valence electrons. The molecule has 1 heterocycles. The molecule has 1 aliphatic rings. The molecule has 0 spiro atoms. The van der Waals surface area contributed by atoms with Gasteiger partial charge in [0.05, 0.1) is 15.9 Å². The van der Waals surface area contributed by atoms with E-state index in [1.54, 1.807) is 0 Å². The van der Waals surface area contributed by atoms with Crippen LogP contribution in [0.15, 0.2) is 22.7 Å². The van der Waals surface area contributed by atoms with Crippen molar-refractivity contribution in [3.05, 3.63) is 45.2 Å². The molecule has 4 nitrogen and oxygen atoms in total. The second kappa shape index (κ2) is 5.81. The Morgan fingerprint density at radius 2 is 2.29 bits per heavy atom. The van der Waals surface area contributed by atoms with Crippen LogP contribution in [-0.2, 0) is 19.6 Å². The molecule has 1 atom stereocenters. The number of fused-ring (bicyclic) bond motifs is 1. The summed E-state index contributed by atoms with van der Waals surface area (Å²) in [4.78, 5) is 0. The highest BCUT2D eigenvalue weighted by atomic mass is 79.9. The van der Waals surface area contributed by atoms with Crippen LogP contribution in [-0.4, -0.2) is 9.78 Å². The number of rotatable bonds is 4. The molecule has 1 aromatic heterocycles. The summed E-state index contributed by atoms with van der Waals surface area (Å²) < 4.78 is 8.97. The van der Waals surface area contributed by atoms with Crippen LogP contribution in [0.5, 0.6) is 5.75 Å². The molecule has 1 aromatic carbocycles. The summed E-state index contributed by atoms with van der Waals surface area (Å²) in [6, 6.07) is 6.42. The first-order valence-corrected chi connectivity index (χ1v) is 8.12. The highest BCUT2D eigenvalue weighted by Gasteiger charge is 2.19. The first-order valence-electron chi connectivity index (χ1n) is 7.33. The summed E-state index contributed by atoms with van der Waals surface area (Å²) in [6.45, 7) is 5.43. The van der Waals surface area contributed by atoms with Crippen LogP contribution in [0.3, 0.4) is 0 Å². The summed E-state index contributed by atoms with van der Waals surface area (Å²) in [6.07, 6.45) is 2.08. The monoisotopic (exact) mass is 349 g/mol. The van der Waals surface area contributed by atoms with Gasteiger partial charge in [0.1, 0.15) is 12.4 Å². The Bertz CT molecular complexity index is 666. The third kappa shape index (κ3) is 2.72. The highest BCUT2D eigenvalue weighted by molar-refractivity contribution is 9.10. The molecule has 0 saturated carbocycles. The van der Waals surface area contributed by atoms with Crippen LogP contribution in [0.1, 0.15) is 41.9 Å². The molecule has 5 heteroatoms. The molecular formula is C16H20BrN3O. The van der Waals surface area contributed by atoms with E-state index in [0.717, 1.165) is 41.0 Å². The van der Waals surface area contributed by atoms with Crippen molar-refractivity contribution in [2.24, 2.45) is 5.73 Å². The van der Waals surface area contributed by atoms with Crippen molar-refractivity contribution in [1.82, 2.24) is 9.78 Å². The van der Waals surface area contributed by atoms with Crippen molar-refractivity contribution in [2.75, 3.05) is 0 Å². The van der Waals surface area contributed by atoms with Crippen molar-refractivity contribution in [3.8, 4) is 5.75 Å². The van der Waals surface area contributed by atoms with Crippen LogP contribution in [0.25, 0.3) is 0 Å². The van der Waals surface area contributed by atoms with Gasteiger partial charge in [0.15, 0.2) is 0 Å². The number of aryl methyl sites for hydroxylation is 3. The lowest BCUT2D eigenvalue weighted by Gasteiger charge is -2.10. The molecule has 0 radical (unpaired) electrons. The quantitative estimate of drug-likeness (QED) is 0.918. The van der Waals surface area contributed by atoms with E-state index >= 15 is 0 Å². The van der Waals surface area contributed by atoms with E-state index in [1.165, 1.54) is 11.1 Å². The SMILES string of the molecule is CCn1nc(C)c(Br)c1COc1ccc2c(c1)CCC2N. The number of nitrogens with zero attached hydrogens (tertiary/aromatic N) is 2. The van der Waals surface area contributed by atoms with Crippen LogP contribution in [0.4, 0.5) is 0 Å². The summed E-state index contributed by atoms with van der Waals surface area (Å²) in [5.41, 5.74) is 10.7. The zero-order chi connectivity index (χ0) is 15.0. The lowest BCUT2D eigenvalue weighted by atomic mass is 10.1. The molecule has 2 aromatic rings. The summed E-state index contributed by atoms with van der Waals surface area (Å²) in [5.74, 6) is 0.899. The molecule has 1 unspecified atom stereocenters. The van der Waals surface area contributed by atoms with Gasteiger partial charge >= 0.3 is 0 Å². The standard InChI is InChI=1S/C16H20BrN3O/c1-3-20-15(16(17)10(2)19-20)9-21-12-5-6-13-11(8-12)4-7-14(13)18/h5-6,8,14H,3-4,7,9,18H2,1-2H3. The molecule has 0 aliphatic heterocycles. The van der Waals surface area contributed by atoms with Crippen LogP contribution < -0.4 is 10.5 Å². The first kappa shape index (κ1) is 14.6. The van der Waals surface area contributed by atoms with Crippen LogP contribution in [0.2, 0.25) is 0 Å². The number of halogens is 1. The minimum absolute atomic E-state index is 0.187. The molecular weight excluding hydrogens is 330 g/mol. The number of hydrogen-bond acceptors (Lipinski definition) is 3. The van der Waals surface area contributed by atoms with Gasteiger partial charge in [0.25, 0.3) is 0 Å². The predicted octanol–water partition coefficient (Wildman–Crippen LogP) is 3.50. The van der Waals surface area contributed by atoms with Gasteiger partial charge in [-0.2, -0.15) is 5.10 Å². The first-order chi connectivity index (χ1) is 10.1. The number of benzene rings is 1. The van der Waals surface area contributed by atoms with Crippen molar-refractivity contribution in [2.45, 2.75) is 45.9 Å². The van der Waals surface area contributed by atoms with Gasteiger partial charge in [0.2, 0.25) is 0 Å². The third-order valence-corrected chi connectivity index (χ3v) is 5.10. The van der Waals surface area contributed by atoms with Gasteiger partial charge in [0, 0.05) is 12.6 Å². The van der Waals surface area contributed by atoms with E-state index in [9.17, 15) is 0 Å². The Labute approximate surface area is 133 Å². The number of aromatic nitrogens is 2. The largest absolute Gasteiger partial charge is 0.487 e. The lowest BCUT2D eigenvalue weighted by molar-refractivity contribution is 0.291. The van der Waals surface area contributed by atoms with Crippen molar-refractivity contribution in [1.29, 1.82) is 0 Å². The second-order valence-electron chi connectivity index (χ2n) is 5.46. The minimum atomic E-state index is 0.187. The number of hydrogen-bond donors (Lipinski definition) is 1. The van der Waals surface area contributed by atoms with Crippen molar-refractivity contribution in [3.63, 3.8) is 0 Å². The van der Waals surface area contributed by atoms with Crippen molar-refractivity contribution >= 4 is 15.9 Å². The molecule has 3 rings (SSSR count). The fraction of sp³-hybridized carbons (Fsp3) is 0.438. The average Bonchev–Trinajstić information content (AvgIpc) is 2.98. The summed E-state index contributed by atoms with van der Waals surface area (Å²) >= 11 is 3.59. The molecule has 0 amide bonds. The summed E-state index contributed by atoms with van der Waals surface area (Å²) in [5, 5.41) is 4.48. The molecule has 0 bridgehead atoms. The zero-order valence-electron chi connectivity index (χ0n) is 12.4. The smallest absolute Gasteiger partial charge is 0.131 e. The van der Waals surface area contributed by atoms with Gasteiger partial charge in [-0.05, 0) is 65.9 Å². The van der Waals surface area contributed by atoms with Gasteiger partial charge in [-0.15, -0.1) is 0 Å². The van der Waals surface area contributed by atoms with E-state index in [-0.39, 0.29) is 6.04 Å². The van der Waals surface area contributed by atoms with Gasteiger partial charge < -0.3 is 10.5 Å². The molecule has 0 saturated heterocycles. The Balaban J connectivity index is 1.77. The maximum atomic E-state index is 6.06. The van der Waals surface area contributed by atoms with Gasteiger partial charge in [-0.25, -0.2) is 0 Å². The second-order valence-corrected chi connectivity index (χ2v) is 6.25. The van der Waals surface area contributed by atoms with Gasteiger partial charge in [-0.1, -0.05) is 6.07 Å². The number of nitrogens with two attached hydrogens (primary N) is 1. The maximum absolute atomic E-state index is 6.06. The Hall–Kier alpha value is -1.33. The molecule has 1 aliphatic carbocycles. The molecule has 0 fully saturated rings. The fourth-order valence-electron chi connectivity index (χ4n) is 2.88. The van der Waals surface area contributed by atoms with Gasteiger partial charge in [-0.3, -0.25) is 4.68 Å². The van der Waals surface area contributed by atoms with Crippen LogP contribution in [0, 0.1) is 6.92 Å². The predicted molar refractivity (Wildman–Crippen MR) is 86.4 cm³/mol. The molecule has 2 N–H and O–H groups in total. The van der Waals surface area contributed by atoms with Crippen molar-refractivity contribution < 1.29 is 4.74 Å². The lowest BCUT2D eigenvalue weighted by Crippen LogP contribution is -2.07. The van der Waals surface area contributed by atoms with E-state index in [0.29, 0.717) is 6.61 Å². The topological polar surface area (TPSA) is 53.1 Å². The average molecular weight is 350 g/mol. The molecule has 21 heavy (non-hydrogen) atoms. The van der Waals surface area contributed by atoms with E-state index in [2.05, 4.69) is 40.1 Å². The summed E-state index contributed by atoms with van der Waals surface area (Å²) in [7, 11) is 0. The Morgan fingerprint density at radius 3 is 3.05 bits per heavy atom. The zero-order valence-corrected chi connectivity index (χ0v) is 14.0. The number of ether oxygens (including phenoxy) is 1. The van der Waals surface area contributed by atoms with Crippen LogP contribution >= 0.6 is 15.9 Å². The van der Waals surface area contributed by atoms with E-state index < -0.39 is 0 Å². The Morgan fingerprint density at radius 1 is 1.48 bits per heavy atom. The fourth-order valence-corrected chi connectivity index (χ4v) is 3.27. The maximum Gasteiger partial charge on any atom is 0.131 e. The highest BCUT2D eigenvalue weighted by Crippen LogP contribution is 2.32. The third-order valence-electron chi connectivity index (χ3n) is 4.07. The Kier molecular flexibility index (Phi) is 4.04. The van der Waals surface area contributed by atoms with E-state index in [4.69, 9.17) is 10.5 Å². The van der Waals surface area contributed by atoms with E-state index in [1.807, 2.05) is 17.7 Å².